The van der Waals surface area contributed by atoms with Crippen LogP contribution in [0.4, 0.5) is 0 Å². The van der Waals surface area contributed by atoms with Crippen molar-refractivity contribution >= 4 is 5.97 Å². The Hall–Kier alpha value is -0.830. The lowest BCUT2D eigenvalue weighted by atomic mass is 9.33. The normalized spacial score (nSPS) is 55.3. The van der Waals surface area contributed by atoms with Crippen LogP contribution in [-0.2, 0) is 4.79 Å². The van der Waals surface area contributed by atoms with Crippen LogP contribution in [0.2, 0.25) is 0 Å². The molecule has 0 amide bonds. The first-order valence-corrected chi connectivity index (χ1v) is 13.9. The molecule has 33 heavy (non-hydrogen) atoms. The standard InChI is InChI=1S/C30H48O3/c1-18-10-15-30(25(32)33)17-16-28(6)20(24(30)19(18)2)8-9-22-27(5)13-12-23(31)26(3,4)21(27)11-14-29(22,28)7/h8,18-19,21-24,31H,9-17H2,1-7H3,(H,32,33)/t18-,19+,21+,22-,23+,24+,27+,28+,29+,30-/m1/s1. The van der Waals surface area contributed by atoms with E-state index in [4.69, 9.17) is 0 Å². The fourth-order valence-electron chi connectivity index (χ4n) is 10.8. The molecular weight excluding hydrogens is 408 g/mol. The second kappa shape index (κ2) is 7.11. The first-order valence-electron chi connectivity index (χ1n) is 13.9. The minimum atomic E-state index is -0.557. The molecule has 3 nitrogen and oxygen atoms in total. The molecule has 4 fully saturated rings. The molecule has 2 N–H and O–H groups in total. The number of aliphatic hydroxyl groups excluding tert-OH is 1. The van der Waals surface area contributed by atoms with Crippen molar-refractivity contribution in [3.63, 3.8) is 0 Å². The van der Waals surface area contributed by atoms with Crippen LogP contribution < -0.4 is 0 Å². The highest BCUT2D eigenvalue weighted by atomic mass is 16.4. The predicted octanol–water partition coefficient (Wildman–Crippen LogP) is 7.09. The average molecular weight is 457 g/mol. The van der Waals surface area contributed by atoms with E-state index in [1.807, 2.05) is 0 Å². The topological polar surface area (TPSA) is 57.5 Å². The first kappa shape index (κ1) is 23.9. The van der Waals surface area contributed by atoms with Gasteiger partial charge in [-0.2, -0.15) is 0 Å². The van der Waals surface area contributed by atoms with Crippen LogP contribution in [0.1, 0.15) is 106 Å². The Bertz CT molecular complexity index is 874. The maximum Gasteiger partial charge on any atom is 0.310 e. The van der Waals surface area contributed by atoms with Crippen LogP contribution in [-0.4, -0.2) is 22.3 Å². The van der Waals surface area contributed by atoms with Crippen molar-refractivity contribution in [1.29, 1.82) is 0 Å². The lowest BCUT2D eigenvalue weighted by Crippen LogP contribution is -2.65. The average Bonchev–Trinajstić information content (AvgIpc) is 2.74. The Morgan fingerprint density at radius 3 is 2.27 bits per heavy atom. The number of carbonyl (C=O) groups is 1. The molecule has 0 saturated heterocycles. The van der Waals surface area contributed by atoms with Crippen molar-refractivity contribution in [3.05, 3.63) is 11.6 Å². The van der Waals surface area contributed by atoms with Gasteiger partial charge in [0.1, 0.15) is 0 Å². The highest BCUT2D eigenvalue weighted by molar-refractivity contribution is 5.76. The zero-order chi connectivity index (χ0) is 24.2. The number of hydrogen-bond donors (Lipinski definition) is 2. The number of fused-ring (bicyclic) bond motifs is 7. The summed E-state index contributed by atoms with van der Waals surface area (Å²) in [6.45, 7) is 17.0. The molecule has 5 rings (SSSR count). The monoisotopic (exact) mass is 456 g/mol. The third-order valence-corrected chi connectivity index (χ3v) is 13.4. The van der Waals surface area contributed by atoms with E-state index in [1.165, 1.54) is 18.4 Å². The number of aliphatic carboxylic acids is 1. The molecule has 0 radical (unpaired) electrons. The summed E-state index contributed by atoms with van der Waals surface area (Å²) in [5.41, 5.74) is 1.46. The van der Waals surface area contributed by atoms with Gasteiger partial charge in [-0.15, -0.1) is 0 Å². The summed E-state index contributed by atoms with van der Waals surface area (Å²) in [7, 11) is 0. The van der Waals surface area contributed by atoms with Gasteiger partial charge in [0.2, 0.25) is 0 Å². The van der Waals surface area contributed by atoms with E-state index in [0.717, 1.165) is 44.9 Å². The van der Waals surface area contributed by atoms with Gasteiger partial charge in [0.25, 0.3) is 0 Å². The maximum absolute atomic E-state index is 12.8. The Morgan fingerprint density at radius 1 is 0.909 bits per heavy atom. The van der Waals surface area contributed by atoms with Crippen molar-refractivity contribution in [2.75, 3.05) is 0 Å². The molecule has 3 heteroatoms. The highest BCUT2D eigenvalue weighted by Crippen LogP contribution is 2.75. The Kier molecular flexibility index (Phi) is 5.15. The fraction of sp³-hybridized carbons (Fsp3) is 0.900. The molecule has 0 spiro atoms. The highest BCUT2D eigenvalue weighted by Gasteiger charge is 2.69. The number of aliphatic hydroxyl groups is 1. The summed E-state index contributed by atoms with van der Waals surface area (Å²) in [5.74, 6) is 1.82. The smallest absolute Gasteiger partial charge is 0.310 e. The van der Waals surface area contributed by atoms with Crippen LogP contribution in [0.15, 0.2) is 11.6 Å². The Balaban J connectivity index is 1.61. The molecule has 0 heterocycles. The van der Waals surface area contributed by atoms with Crippen molar-refractivity contribution in [2.24, 2.45) is 56.7 Å². The molecule has 0 unspecified atom stereocenters. The fourth-order valence-corrected chi connectivity index (χ4v) is 10.8. The van der Waals surface area contributed by atoms with E-state index < -0.39 is 11.4 Å². The van der Waals surface area contributed by atoms with Gasteiger partial charge in [0.15, 0.2) is 0 Å². The van der Waals surface area contributed by atoms with Gasteiger partial charge in [-0.3, -0.25) is 4.79 Å². The van der Waals surface area contributed by atoms with Gasteiger partial charge >= 0.3 is 5.97 Å². The molecule has 5 aliphatic carbocycles. The number of allylic oxidation sites excluding steroid dienone is 2. The Morgan fingerprint density at radius 2 is 1.61 bits per heavy atom. The summed E-state index contributed by atoms with van der Waals surface area (Å²) in [6, 6.07) is 0. The van der Waals surface area contributed by atoms with Gasteiger partial charge in [-0.05, 0) is 109 Å². The van der Waals surface area contributed by atoms with E-state index in [9.17, 15) is 15.0 Å². The maximum atomic E-state index is 12.8. The van der Waals surface area contributed by atoms with Crippen LogP contribution in [0.3, 0.4) is 0 Å². The first-order chi connectivity index (χ1) is 15.3. The van der Waals surface area contributed by atoms with Gasteiger partial charge in [0, 0.05) is 0 Å². The van der Waals surface area contributed by atoms with Gasteiger partial charge < -0.3 is 10.2 Å². The second-order valence-electron chi connectivity index (χ2n) is 14.5. The summed E-state index contributed by atoms with van der Waals surface area (Å²) in [5, 5.41) is 21.4. The number of carboxylic acid groups (broad SMARTS) is 1. The van der Waals surface area contributed by atoms with Gasteiger partial charge in [-0.1, -0.05) is 60.1 Å². The number of hydrogen-bond acceptors (Lipinski definition) is 2. The van der Waals surface area contributed by atoms with E-state index >= 15 is 0 Å². The largest absolute Gasteiger partial charge is 0.481 e. The second-order valence-corrected chi connectivity index (χ2v) is 14.5. The lowest BCUT2D eigenvalue weighted by Gasteiger charge is -2.71. The molecule has 4 saturated carbocycles. The molecule has 186 valence electrons. The number of rotatable bonds is 1. The molecule has 0 aromatic carbocycles. The minimum Gasteiger partial charge on any atom is -0.481 e. The van der Waals surface area contributed by atoms with Gasteiger partial charge in [-0.25, -0.2) is 0 Å². The summed E-state index contributed by atoms with van der Waals surface area (Å²) in [4.78, 5) is 12.8. The molecule has 10 atom stereocenters. The SMILES string of the molecule is C[C@H]1[C@H](C)CC[C@@]2(C(=O)O)CC[C@@]3(C)C(=CC[C@@H]4[C@@]5(C)CC[C@H](O)C(C)(C)[C@@H]5CC[C@@]43C)[C@H]12. The van der Waals surface area contributed by atoms with Crippen LogP contribution in [0, 0.1) is 56.7 Å². The molecule has 0 aromatic rings. The van der Waals surface area contributed by atoms with Crippen molar-refractivity contribution < 1.29 is 15.0 Å². The van der Waals surface area contributed by atoms with Crippen LogP contribution in [0.25, 0.3) is 0 Å². The molecule has 0 bridgehead atoms. The molecule has 5 aliphatic rings. The van der Waals surface area contributed by atoms with E-state index in [0.29, 0.717) is 23.7 Å². The third kappa shape index (κ3) is 2.75. The lowest BCUT2D eigenvalue weighted by molar-refractivity contribution is -0.206. The van der Waals surface area contributed by atoms with Crippen molar-refractivity contribution in [3.8, 4) is 0 Å². The quantitative estimate of drug-likeness (QED) is 0.414. The van der Waals surface area contributed by atoms with Crippen LogP contribution >= 0.6 is 0 Å². The van der Waals surface area contributed by atoms with Crippen molar-refractivity contribution in [2.45, 2.75) is 112 Å². The van der Waals surface area contributed by atoms with Gasteiger partial charge in [0.05, 0.1) is 11.5 Å². The molecule has 0 aromatic heterocycles. The third-order valence-electron chi connectivity index (χ3n) is 13.4. The van der Waals surface area contributed by atoms with E-state index in [2.05, 4.69) is 54.5 Å². The summed E-state index contributed by atoms with van der Waals surface area (Å²) in [6.07, 6.45) is 11.6. The summed E-state index contributed by atoms with van der Waals surface area (Å²) < 4.78 is 0. The summed E-state index contributed by atoms with van der Waals surface area (Å²) >= 11 is 0. The zero-order valence-electron chi connectivity index (χ0n) is 22.2. The Labute approximate surface area is 201 Å². The zero-order valence-corrected chi connectivity index (χ0v) is 22.2. The minimum absolute atomic E-state index is 0.0302. The number of carboxylic acids is 1. The van der Waals surface area contributed by atoms with E-state index in [1.54, 1.807) is 0 Å². The molecular formula is C30H48O3. The van der Waals surface area contributed by atoms with Crippen molar-refractivity contribution in [1.82, 2.24) is 0 Å². The van der Waals surface area contributed by atoms with E-state index in [-0.39, 0.29) is 33.7 Å². The van der Waals surface area contributed by atoms with Crippen LogP contribution in [0.5, 0.6) is 0 Å². The molecule has 0 aliphatic heterocycles. The predicted molar refractivity (Wildman–Crippen MR) is 133 cm³/mol.